The summed E-state index contributed by atoms with van der Waals surface area (Å²) in [5.74, 6) is -0.232. The number of fused-ring (bicyclic) bond motifs is 1. The summed E-state index contributed by atoms with van der Waals surface area (Å²) in [6, 6.07) is 16.3. The largest absolute Gasteiger partial charge is 0.507 e. The van der Waals surface area contributed by atoms with Crippen LogP contribution in [0.3, 0.4) is 0 Å². The Hall–Kier alpha value is -2.18. The van der Waals surface area contributed by atoms with E-state index in [0.29, 0.717) is 11.1 Å². The molecule has 0 heterocycles. The van der Waals surface area contributed by atoms with Crippen LogP contribution in [0.25, 0.3) is 10.8 Å². The molecule has 3 aromatic carbocycles. The van der Waals surface area contributed by atoms with Gasteiger partial charge in [-0.2, -0.15) is 5.10 Å². The first-order valence-corrected chi connectivity index (χ1v) is 8.63. The highest BCUT2D eigenvalue weighted by Gasteiger charge is 2.07. The number of aromatic hydroxyl groups is 1. The van der Waals surface area contributed by atoms with Crippen LogP contribution in [0.15, 0.2) is 68.6 Å². The average molecular weight is 448 g/mol. The lowest BCUT2D eigenvalue weighted by molar-refractivity contribution is 0.0955. The molecule has 0 aliphatic heterocycles. The number of phenolic OH excluding ortho intramolecular Hbond substituents is 1. The second-order valence-corrected chi connectivity index (χ2v) is 6.91. The van der Waals surface area contributed by atoms with E-state index in [-0.39, 0.29) is 11.7 Å². The van der Waals surface area contributed by atoms with E-state index < -0.39 is 0 Å². The number of amides is 1. The Kier molecular flexibility index (Phi) is 4.97. The van der Waals surface area contributed by atoms with Gasteiger partial charge in [-0.15, -0.1) is 0 Å². The fourth-order valence-corrected chi connectivity index (χ4v) is 3.62. The molecule has 0 aliphatic rings. The molecule has 0 radical (unpaired) electrons. The minimum absolute atomic E-state index is 0.108. The van der Waals surface area contributed by atoms with Crippen LogP contribution in [-0.2, 0) is 0 Å². The number of phenols is 1. The minimum Gasteiger partial charge on any atom is -0.507 e. The zero-order chi connectivity index (χ0) is 17.1. The molecule has 1 amide bonds. The quantitative estimate of drug-likeness (QED) is 0.446. The van der Waals surface area contributed by atoms with Crippen LogP contribution in [0.5, 0.6) is 5.75 Å². The van der Waals surface area contributed by atoms with E-state index in [1.165, 1.54) is 6.21 Å². The van der Waals surface area contributed by atoms with Gasteiger partial charge in [-0.3, -0.25) is 4.79 Å². The van der Waals surface area contributed by atoms with Gasteiger partial charge in [0.1, 0.15) is 5.75 Å². The van der Waals surface area contributed by atoms with Crippen molar-refractivity contribution in [3.63, 3.8) is 0 Å². The summed E-state index contributed by atoms with van der Waals surface area (Å²) in [5.41, 5.74) is 3.50. The molecule has 0 saturated heterocycles. The highest BCUT2D eigenvalue weighted by atomic mass is 79.9. The molecule has 0 fully saturated rings. The van der Waals surface area contributed by atoms with E-state index in [1.54, 1.807) is 18.2 Å². The average Bonchev–Trinajstić information content (AvgIpc) is 2.56. The molecule has 0 atom stereocenters. The summed E-state index contributed by atoms with van der Waals surface area (Å²) in [7, 11) is 0. The van der Waals surface area contributed by atoms with Crippen molar-refractivity contribution in [2.45, 2.75) is 0 Å². The van der Waals surface area contributed by atoms with Crippen LogP contribution in [0.1, 0.15) is 15.9 Å². The lowest BCUT2D eigenvalue weighted by Gasteiger charge is -2.05. The summed E-state index contributed by atoms with van der Waals surface area (Å²) in [4.78, 5) is 12.2. The Morgan fingerprint density at radius 3 is 2.50 bits per heavy atom. The van der Waals surface area contributed by atoms with Crippen molar-refractivity contribution in [1.82, 2.24) is 5.43 Å². The Bertz CT molecular complexity index is 935. The fraction of sp³-hybridized carbons (Fsp3) is 0. The number of benzene rings is 3. The highest BCUT2D eigenvalue weighted by molar-refractivity contribution is 9.11. The minimum atomic E-state index is -0.340. The van der Waals surface area contributed by atoms with Gasteiger partial charge in [0.2, 0.25) is 0 Å². The standard InChI is InChI=1S/C18H12Br2N2O2/c19-13-7-12(8-14(20)9-13)18(24)22-21-10-16-15-4-2-1-3-11(15)5-6-17(16)23/h1-10,23H,(H,22,24)/b21-10+. The zero-order valence-corrected chi connectivity index (χ0v) is 15.5. The third-order valence-electron chi connectivity index (χ3n) is 3.43. The predicted molar refractivity (Wildman–Crippen MR) is 103 cm³/mol. The van der Waals surface area contributed by atoms with E-state index in [0.717, 1.165) is 19.7 Å². The molecule has 6 heteroatoms. The Morgan fingerprint density at radius 1 is 1.04 bits per heavy atom. The molecule has 3 rings (SSSR count). The predicted octanol–water partition coefficient (Wildman–Crippen LogP) is 4.83. The summed E-state index contributed by atoms with van der Waals surface area (Å²) in [5, 5.41) is 15.9. The zero-order valence-electron chi connectivity index (χ0n) is 12.3. The summed E-state index contributed by atoms with van der Waals surface area (Å²) in [6.45, 7) is 0. The summed E-state index contributed by atoms with van der Waals surface area (Å²) >= 11 is 6.68. The first kappa shape index (κ1) is 16.7. The summed E-state index contributed by atoms with van der Waals surface area (Å²) in [6.07, 6.45) is 1.45. The van der Waals surface area contributed by atoms with Gasteiger partial charge in [-0.25, -0.2) is 5.43 Å². The first-order chi connectivity index (χ1) is 11.5. The fourth-order valence-electron chi connectivity index (χ4n) is 2.32. The maximum atomic E-state index is 12.2. The van der Waals surface area contributed by atoms with Crippen molar-refractivity contribution in [3.8, 4) is 5.75 Å². The Labute approximate surface area is 155 Å². The van der Waals surface area contributed by atoms with Crippen LogP contribution < -0.4 is 5.43 Å². The third kappa shape index (κ3) is 3.66. The lowest BCUT2D eigenvalue weighted by Crippen LogP contribution is -2.17. The van der Waals surface area contributed by atoms with Gasteiger partial charge in [0.25, 0.3) is 5.91 Å². The molecule has 0 spiro atoms. The maximum absolute atomic E-state index is 12.2. The van der Waals surface area contributed by atoms with Crippen molar-refractivity contribution in [3.05, 3.63) is 74.7 Å². The van der Waals surface area contributed by atoms with Crippen LogP contribution >= 0.6 is 31.9 Å². The monoisotopic (exact) mass is 446 g/mol. The van der Waals surface area contributed by atoms with Crippen molar-refractivity contribution < 1.29 is 9.90 Å². The van der Waals surface area contributed by atoms with Gasteiger partial charge in [-0.05, 0) is 35.0 Å². The van der Waals surface area contributed by atoms with Gasteiger partial charge in [0.15, 0.2) is 0 Å². The number of rotatable bonds is 3. The Morgan fingerprint density at radius 2 is 1.75 bits per heavy atom. The van der Waals surface area contributed by atoms with Gasteiger partial charge in [0.05, 0.1) is 6.21 Å². The van der Waals surface area contributed by atoms with Crippen LogP contribution in [0.2, 0.25) is 0 Å². The number of halogens is 2. The number of hydrogen-bond acceptors (Lipinski definition) is 3. The normalized spacial score (nSPS) is 11.1. The second-order valence-electron chi connectivity index (χ2n) is 5.08. The molecule has 2 N–H and O–H groups in total. The van der Waals surface area contributed by atoms with Gasteiger partial charge >= 0.3 is 0 Å². The van der Waals surface area contributed by atoms with E-state index in [2.05, 4.69) is 42.4 Å². The van der Waals surface area contributed by atoms with Crippen LogP contribution in [0, 0.1) is 0 Å². The van der Waals surface area contributed by atoms with Crippen molar-refractivity contribution in [2.24, 2.45) is 5.10 Å². The van der Waals surface area contributed by atoms with Gasteiger partial charge in [0, 0.05) is 20.1 Å². The molecular weight excluding hydrogens is 436 g/mol. The molecule has 4 nitrogen and oxygen atoms in total. The molecule has 0 aromatic heterocycles. The third-order valence-corrected chi connectivity index (χ3v) is 4.35. The number of nitrogens with one attached hydrogen (secondary N) is 1. The molecule has 3 aromatic rings. The Balaban J connectivity index is 1.84. The topological polar surface area (TPSA) is 61.7 Å². The highest BCUT2D eigenvalue weighted by Crippen LogP contribution is 2.25. The molecule has 0 unspecified atom stereocenters. The summed E-state index contributed by atoms with van der Waals surface area (Å²) < 4.78 is 1.58. The van der Waals surface area contributed by atoms with E-state index in [9.17, 15) is 9.90 Å². The van der Waals surface area contributed by atoms with Gasteiger partial charge < -0.3 is 5.11 Å². The molecule has 120 valence electrons. The second kappa shape index (κ2) is 7.15. The number of hydrazone groups is 1. The SMILES string of the molecule is O=C(N/N=C/c1c(O)ccc2ccccc12)c1cc(Br)cc(Br)c1. The van der Waals surface area contributed by atoms with Crippen molar-refractivity contribution in [1.29, 1.82) is 0 Å². The number of nitrogens with zero attached hydrogens (tertiary/aromatic N) is 1. The maximum Gasteiger partial charge on any atom is 0.271 e. The van der Waals surface area contributed by atoms with E-state index in [1.807, 2.05) is 36.4 Å². The molecule has 0 aliphatic carbocycles. The molecular formula is C18H12Br2N2O2. The van der Waals surface area contributed by atoms with E-state index in [4.69, 9.17) is 0 Å². The number of carbonyl (C=O) groups is 1. The van der Waals surface area contributed by atoms with Crippen molar-refractivity contribution >= 4 is 54.8 Å². The van der Waals surface area contributed by atoms with Crippen LogP contribution in [0.4, 0.5) is 0 Å². The number of carbonyl (C=O) groups excluding carboxylic acids is 1. The molecule has 0 bridgehead atoms. The van der Waals surface area contributed by atoms with E-state index >= 15 is 0 Å². The molecule has 24 heavy (non-hydrogen) atoms. The van der Waals surface area contributed by atoms with Crippen molar-refractivity contribution in [2.75, 3.05) is 0 Å². The van der Waals surface area contributed by atoms with Gasteiger partial charge in [-0.1, -0.05) is 62.2 Å². The molecule has 0 saturated carbocycles. The lowest BCUT2D eigenvalue weighted by atomic mass is 10.0. The first-order valence-electron chi connectivity index (χ1n) is 7.05. The van der Waals surface area contributed by atoms with Crippen LogP contribution in [-0.4, -0.2) is 17.2 Å². The number of hydrogen-bond donors (Lipinski definition) is 2. The smallest absolute Gasteiger partial charge is 0.271 e.